The average molecular weight is 213 g/mol. The van der Waals surface area contributed by atoms with Gasteiger partial charge in [0, 0.05) is 6.54 Å². The van der Waals surface area contributed by atoms with Crippen LogP contribution < -0.4 is 0 Å². The van der Waals surface area contributed by atoms with Crippen molar-refractivity contribution >= 4 is 0 Å². The second-order valence-electron chi connectivity index (χ2n) is 6.54. The van der Waals surface area contributed by atoms with Crippen LogP contribution in [0.5, 0.6) is 0 Å². The van der Waals surface area contributed by atoms with E-state index in [0.29, 0.717) is 5.41 Å². The van der Waals surface area contributed by atoms with Gasteiger partial charge in [0.1, 0.15) is 0 Å². The molecule has 1 nitrogen and oxygen atoms in total. The molecule has 0 fully saturated rings. The lowest BCUT2D eigenvalue weighted by Gasteiger charge is -2.26. The largest absolute Gasteiger partial charge is 0.306 e. The molecule has 0 saturated carbocycles. The minimum Gasteiger partial charge on any atom is -0.306 e. The molecular formula is C14H31N. The Labute approximate surface area is 97.2 Å². The number of hydrogen-bond acceptors (Lipinski definition) is 1. The number of unbranched alkanes of at least 4 members (excludes halogenated alkanes) is 2. The molecule has 0 aromatic heterocycles. The molecule has 0 aliphatic carbocycles. The van der Waals surface area contributed by atoms with Gasteiger partial charge in [-0.2, -0.15) is 0 Å². The van der Waals surface area contributed by atoms with E-state index < -0.39 is 0 Å². The molecule has 0 saturated heterocycles. The first kappa shape index (κ1) is 15.0. The highest BCUT2D eigenvalue weighted by Gasteiger charge is 2.12. The maximum atomic E-state index is 2.47. The van der Waals surface area contributed by atoms with E-state index in [-0.39, 0.29) is 0 Å². The molecule has 0 N–H and O–H groups in total. The first-order valence-corrected chi connectivity index (χ1v) is 6.50. The average Bonchev–Trinajstić information content (AvgIpc) is 1.99. The van der Waals surface area contributed by atoms with Gasteiger partial charge in [-0.3, -0.25) is 0 Å². The van der Waals surface area contributed by atoms with Crippen molar-refractivity contribution in [1.29, 1.82) is 0 Å². The summed E-state index contributed by atoms with van der Waals surface area (Å²) in [5.74, 6) is 0.873. The van der Waals surface area contributed by atoms with Crippen molar-refractivity contribution in [3.63, 3.8) is 0 Å². The van der Waals surface area contributed by atoms with Crippen molar-refractivity contribution in [1.82, 2.24) is 4.90 Å². The van der Waals surface area contributed by atoms with E-state index in [1.54, 1.807) is 0 Å². The van der Waals surface area contributed by atoms with Crippen LogP contribution in [0.4, 0.5) is 0 Å². The normalized spacial score (nSPS) is 12.8. The van der Waals surface area contributed by atoms with E-state index in [4.69, 9.17) is 0 Å². The van der Waals surface area contributed by atoms with Crippen LogP contribution in [0.3, 0.4) is 0 Å². The second-order valence-corrected chi connectivity index (χ2v) is 6.54. The Morgan fingerprint density at radius 1 is 1.00 bits per heavy atom. The highest BCUT2D eigenvalue weighted by atomic mass is 15.1. The van der Waals surface area contributed by atoms with E-state index in [0.717, 1.165) is 5.92 Å². The fraction of sp³-hybridized carbons (Fsp3) is 1.00. The summed E-state index contributed by atoms with van der Waals surface area (Å²) in [5, 5.41) is 0. The Balaban J connectivity index is 3.36. The molecule has 1 heteroatoms. The van der Waals surface area contributed by atoms with Gasteiger partial charge in [-0.15, -0.1) is 0 Å². The predicted molar refractivity (Wildman–Crippen MR) is 70.3 cm³/mol. The number of rotatable bonds is 7. The van der Waals surface area contributed by atoms with Gasteiger partial charge in [-0.05, 0) is 31.3 Å². The van der Waals surface area contributed by atoms with E-state index >= 15 is 0 Å². The Morgan fingerprint density at radius 2 is 1.60 bits per heavy atom. The van der Waals surface area contributed by atoms with Crippen molar-refractivity contribution in [3.05, 3.63) is 0 Å². The first-order chi connectivity index (χ1) is 6.81. The van der Waals surface area contributed by atoms with Gasteiger partial charge in [0.25, 0.3) is 0 Å². The van der Waals surface area contributed by atoms with Gasteiger partial charge < -0.3 is 4.90 Å². The maximum Gasteiger partial charge on any atom is 0.00270 e. The van der Waals surface area contributed by atoms with Crippen molar-refractivity contribution in [3.8, 4) is 0 Å². The van der Waals surface area contributed by atoms with Crippen LogP contribution in [-0.2, 0) is 0 Å². The van der Waals surface area contributed by atoms with Crippen molar-refractivity contribution in [2.75, 3.05) is 20.1 Å². The van der Waals surface area contributed by atoms with E-state index in [2.05, 4.69) is 46.6 Å². The fourth-order valence-corrected chi connectivity index (χ4v) is 2.00. The smallest absolute Gasteiger partial charge is 0.00270 e. The minimum absolute atomic E-state index is 0.437. The molecular weight excluding hydrogens is 182 g/mol. The third-order valence-corrected chi connectivity index (χ3v) is 2.57. The first-order valence-electron chi connectivity index (χ1n) is 6.50. The number of hydrogen-bond donors (Lipinski definition) is 0. The van der Waals surface area contributed by atoms with Gasteiger partial charge in [0.15, 0.2) is 0 Å². The van der Waals surface area contributed by atoms with Crippen molar-refractivity contribution in [2.45, 2.75) is 60.3 Å². The molecule has 0 unspecified atom stereocenters. The zero-order valence-corrected chi connectivity index (χ0v) is 11.8. The lowest BCUT2D eigenvalue weighted by molar-refractivity contribution is 0.223. The highest BCUT2D eigenvalue weighted by molar-refractivity contribution is 4.66. The summed E-state index contributed by atoms with van der Waals surface area (Å²) in [6, 6.07) is 0. The van der Waals surface area contributed by atoms with Gasteiger partial charge in [-0.1, -0.05) is 53.9 Å². The molecule has 0 spiro atoms. The zero-order valence-electron chi connectivity index (χ0n) is 11.8. The molecule has 15 heavy (non-hydrogen) atoms. The number of nitrogens with zero attached hydrogens (tertiary/aromatic N) is 1. The van der Waals surface area contributed by atoms with Crippen molar-refractivity contribution < 1.29 is 0 Å². The van der Waals surface area contributed by atoms with Crippen LogP contribution in [-0.4, -0.2) is 25.0 Å². The van der Waals surface area contributed by atoms with Crippen LogP contribution in [0.2, 0.25) is 0 Å². The summed E-state index contributed by atoms with van der Waals surface area (Å²) in [7, 11) is 2.24. The molecule has 0 radical (unpaired) electrons. The molecule has 0 aromatic rings. The third kappa shape index (κ3) is 11.9. The Bertz CT molecular complexity index is 144. The van der Waals surface area contributed by atoms with Crippen LogP contribution in [0.15, 0.2) is 0 Å². The summed E-state index contributed by atoms with van der Waals surface area (Å²) in [6.07, 6.45) is 5.55. The summed E-state index contributed by atoms with van der Waals surface area (Å²) >= 11 is 0. The van der Waals surface area contributed by atoms with Crippen LogP contribution in [0.25, 0.3) is 0 Å². The Morgan fingerprint density at radius 3 is 2.07 bits per heavy atom. The summed E-state index contributed by atoms with van der Waals surface area (Å²) in [5.41, 5.74) is 0.437. The maximum absolute atomic E-state index is 2.47. The molecule has 0 rings (SSSR count). The molecule has 0 atom stereocenters. The Kier molecular flexibility index (Phi) is 7.25. The molecule has 0 amide bonds. The van der Waals surface area contributed by atoms with E-state index in [1.807, 2.05) is 0 Å². The van der Waals surface area contributed by atoms with Crippen molar-refractivity contribution in [2.24, 2.45) is 11.3 Å². The fourth-order valence-electron chi connectivity index (χ4n) is 2.00. The summed E-state index contributed by atoms with van der Waals surface area (Å²) < 4.78 is 0. The molecule has 0 bridgehead atoms. The molecule has 92 valence electrons. The van der Waals surface area contributed by atoms with E-state index in [9.17, 15) is 0 Å². The third-order valence-electron chi connectivity index (χ3n) is 2.57. The molecule has 0 heterocycles. The van der Waals surface area contributed by atoms with E-state index in [1.165, 1.54) is 38.8 Å². The lowest BCUT2D eigenvalue weighted by atomic mass is 9.96. The lowest BCUT2D eigenvalue weighted by Crippen LogP contribution is -2.30. The monoisotopic (exact) mass is 213 g/mol. The molecule has 0 aromatic carbocycles. The highest BCUT2D eigenvalue weighted by Crippen LogP contribution is 2.15. The predicted octanol–water partition coefficient (Wildman–Crippen LogP) is 4.18. The summed E-state index contributed by atoms with van der Waals surface area (Å²) in [6.45, 7) is 14.0. The molecule has 0 aliphatic heterocycles. The van der Waals surface area contributed by atoms with Gasteiger partial charge in [0.05, 0.1) is 0 Å². The standard InChI is InChI=1S/C14H31N/c1-13(2)10-8-7-9-11-15(6)12-14(3,4)5/h13H,7-12H2,1-6H3. The van der Waals surface area contributed by atoms with Crippen LogP contribution in [0.1, 0.15) is 60.3 Å². The topological polar surface area (TPSA) is 3.24 Å². The van der Waals surface area contributed by atoms with Crippen LogP contribution in [0, 0.1) is 11.3 Å². The summed E-state index contributed by atoms with van der Waals surface area (Å²) in [4.78, 5) is 2.47. The minimum atomic E-state index is 0.437. The van der Waals surface area contributed by atoms with Gasteiger partial charge >= 0.3 is 0 Å². The van der Waals surface area contributed by atoms with Crippen LogP contribution >= 0.6 is 0 Å². The van der Waals surface area contributed by atoms with Gasteiger partial charge in [-0.25, -0.2) is 0 Å². The molecule has 0 aliphatic rings. The zero-order chi connectivity index (χ0) is 11.9. The SMILES string of the molecule is CC(C)CCCCCN(C)CC(C)(C)C. The quantitative estimate of drug-likeness (QED) is 0.573. The Hall–Kier alpha value is -0.0400. The second kappa shape index (κ2) is 7.27. The van der Waals surface area contributed by atoms with Gasteiger partial charge in [0.2, 0.25) is 0 Å².